The van der Waals surface area contributed by atoms with Gasteiger partial charge in [0, 0.05) is 0 Å². The van der Waals surface area contributed by atoms with Gasteiger partial charge in [0.1, 0.15) is 0 Å². The predicted molar refractivity (Wildman–Crippen MR) is 63.6 cm³/mol. The van der Waals surface area contributed by atoms with E-state index < -0.39 is 0 Å². The molecule has 0 aromatic rings. The van der Waals surface area contributed by atoms with E-state index in [9.17, 15) is 5.11 Å². The van der Waals surface area contributed by atoms with Crippen LogP contribution < -0.4 is 0 Å². The first-order chi connectivity index (χ1) is 6.90. The van der Waals surface area contributed by atoms with Gasteiger partial charge in [-0.2, -0.15) is 0 Å². The molecule has 4 atom stereocenters. The summed E-state index contributed by atoms with van der Waals surface area (Å²) in [5.41, 5.74) is 0.420. The van der Waals surface area contributed by atoms with E-state index in [2.05, 4.69) is 27.7 Å². The average molecular weight is 210 g/mol. The third-order valence-electron chi connectivity index (χ3n) is 4.70. The topological polar surface area (TPSA) is 20.2 Å². The molecule has 1 nitrogen and oxygen atoms in total. The molecule has 2 aliphatic carbocycles. The number of rotatable bonds is 2. The van der Waals surface area contributed by atoms with Crippen molar-refractivity contribution in [1.82, 2.24) is 0 Å². The summed E-state index contributed by atoms with van der Waals surface area (Å²) in [6.45, 7) is 9.26. The van der Waals surface area contributed by atoms with Gasteiger partial charge >= 0.3 is 0 Å². The molecule has 2 aliphatic rings. The van der Waals surface area contributed by atoms with Crippen molar-refractivity contribution in [2.24, 2.45) is 29.1 Å². The summed E-state index contributed by atoms with van der Waals surface area (Å²) in [5, 5.41) is 10.4. The first-order valence-electron chi connectivity index (χ1n) is 6.58. The molecular formula is C14H26O. The molecule has 1 N–H and O–H groups in total. The molecule has 0 bridgehead atoms. The Balaban J connectivity index is 1.93. The minimum absolute atomic E-state index is 0.0230. The van der Waals surface area contributed by atoms with E-state index in [4.69, 9.17) is 0 Å². The molecule has 4 unspecified atom stereocenters. The van der Waals surface area contributed by atoms with Crippen LogP contribution in [0.25, 0.3) is 0 Å². The zero-order valence-corrected chi connectivity index (χ0v) is 10.7. The third kappa shape index (κ3) is 2.38. The SMILES string of the molecule is CC1CC(C)CC(C(O)C2CC2(C)C)C1. The van der Waals surface area contributed by atoms with E-state index in [1.54, 1.807) is 0 Å². The van der Waals surface area contributed by atoms with E-state index in [1.807, 2.05) is 0 Å². The van der Waals surface area contributed by atoms with Gasteiger partial charge in [-0.3, -0.25) is 0 Å². The van der Waals surface area contributed by atoms with Crippen LogP contribution in [0.15, 0.2) is 0 Å². The molecule has 0 saturated heterocycles. The van der Waals surface area contributed by atoms with E-state index in [1.165, 1.54) is 25.7 Å². The Morgan fingerprint density at radius 3 is 1.93 bits per heavy atom. The monoisotopic (exact) mass is 210 g/mol. The van der Waals surface area contributed by atoms with Crippen LogP contribution in [0.3, 0.4) is 0 Å². The largest absolute Gasteiger partial charge is 0.393 e. The van der Waals surface area contributed by atoms with Crippen LogP contribution in [0.1, 0.15) is 53.4 Å². The summed E-state index contributed by atoms with van der Waals surface area (Å²) in [7, 11) is 0. The van der Waals surface area contributed by atoms with E-state index in [0.717, 1.165) is 11.8 Å². The number of hydrogen-bond acceptors (Lipinski definition) is 1. The van der Waals surface area contributed by atoms with Crippen LogP contribution >= 0.6 is 0 Å². The Labute approximate surface area is 94.3 Å². The minimum Gasteiger partial charge on any atom is -0.393 e. The average Bonchev–Trinajstić information content (AvgIpc) is 2.72. The highest BCUT2D eigenvalue weighted by molar-refractivity contribution is 5.01. The first-order valence-corrected chi connectivity index (χ1v) is 6.58. The lowest BCUT2D eigenvalue weighted by Gasteiger charge is -2.35. The summed E-state index contributed by atoms with van der Waals surface area (Å²) in [5.74, 6) is 2.79. The smallest absolute Gasteiger partial charge is 0.0602 e. The van der Waals surface area contributed by atoms with Gasteiger partial charge in [-0.15, -0.1) is 0 Å². The van der Waals surface area contributed by atoms with Gasteiger partial charge in [-0.05, 0) is 54.8 Å². The second-order valence-electron chi connectivity index (χ2n) is 6.97. The lowest BCUT2D eigenvalue weighted by molar-refractivity contribution is 0.0319. The van der Waals surface area contributed by atoms with Crippen LogP contribution in [-0.4, -0.2) is 11.2 Å². The van der Waals surface area contributed by atoms with Gasteiger partial charge in [0.05, 0.1) is 6.10 Å². The molecule has 0 aromatic heterocycles. The molecule has 0 heterocycles. The maximum absolute atomic E-state index is 10.4. The Morgan fingerprint density at radius 2 is 1.53 bits per heavy atom. The zero-order chi connectivity index (χ0) is 11.2. The molecule has 1 heteroatoms. The van der Waals surface area contributed by atoms with Crippen molar-refractivity contribution in [3.63, 3.8) is 0 Å². The highest BCUT2D eigenvalue weighted by Gasteiger charge is 2.52. The molecule has 0 amide bonds. The van der Waals surface area contributed by atoms with Crippen molar-refractivity contribution < 1.29 is 5.11 Å². The lowest BCUT2D eigenvalue weighted by atomic mass is 9.73. The van der Waals surface area contributed by atoms with Gasteiger partial charge in [0.25, 0.3) is 0 Å². The molecule has 0 aliphatic heterocycles. The Hall–Kier alpha value is -0.0400. The maximum atomic E-state index is 10.4. The number of aliphatic hydroxyl groups excluding tert-OH is 1. The second-order valence-corrected chi connectivity index (χ2v) is 6.97. The van der Waals surface area contributed by atoms with Crippen molar-refractivity contribution in [2.45, 2.75) is 59.5 Å². The normalized spacial score (nSPS) is 46.2. The lowest BCUT2D eigenvalue weighted by Crippen LogP contribution is -2.31. The fourth-order valence-electron chi connectivity index (χ4n) is 3.71. The van der Waals surface area contributed by atoms with Crippen molar-refractivity contribution in [1.29, 1.82) is 0 Å². The molecule has 15 heavy (non-hydrogen) atoms. The van der Waals surface area contributed by atoms with Crippen molar-refractivity contribution in [2.75, 3.05) is 0 Å². The number of aliphatic hydroxyl groups is 1. The van der Waals surface area contributed by atoms with Gasteiger partial charge < -0.3 is 5.11 Å². The summed E-state index contributed by atoms with van der Waals surface area (Å²) in [4.78, 5) is 0. The minimum atomic E-state index is -0.0230. The molecule has 0 radical (unpaired) electrons. The van der Waals surface area contributed by atoms with E-state index in [-0.39, 0.29) is 6.10 Å². The highest BCUT2D eigenvalue weighted by Crippen LogP contribution is 2.56. The van der Waals surface area contributed by atoms with Crippen molar-refractivity contribution in [3.8, 4) is 0 Å². The summed E-state index contributed by atoms with van der Waals surface area (Å²) < 4.78 is 0. The van der Waals surface area contributed by atoms with Crippen LogP contribution in [0.4, 0.5) is 0 Å². The highest BCUT2D eigenvalue weighted by atomic mass is 16.3. The Kier molecular flexibility index (Phi) is 2.87. The fourth-order valence-corrected chi connectivity index (χ4v) is 3.71. The standard InChI is InChI=1S/C14H26O/c1-9-5-10(2)7-11(6-9)13(15)12-8-14(12,3)4/h9-13,15H,5-8H2,1-4H3. The van der Waals surface area contributed by atoms with Crippen molar-refractivity contribution in [3.05, 3.63) is 0 Å². The summed E-state index contributed by atoms with van der Waals surface area (Å²) in [6, 6.07) is 0. The zero-order valence-electron chi connectivity index (χ0n) is 10.7. The third-order valence-corrected chi connectivity index (χ3v) is 4.70. The Bertz CT molecular complexity index is 223. The second kappa shape index (κ2) is 3.76. The fraction of sp³-hybridized carbons (Fsp3) is 1.00. The number of hydrogen-bond donors (Lipinski definition) is 1. The van der Waals surface area contributed by atoms with Gasteiger partial charge in [-0.1, -0.05) is 27.7 Å². The van der Waals surface area contributed by atoms with Gasteiger partial charge in [0.15, 0.2) is 0 Å². The van der Waals surface area contributed by atoms with Gasteiger partial charge in [0.2, 0.25) is 0 Å². The molecule has 2 rings (SSSR count). The Morgan fingerprint density at radius 1 is 1.07 bits per heavy atom. The van der Waals surface area contributed by atoms with Gasteiger partial charge in [-0.25, -0.2) is 0 Å². The molecular weight excluding hydrogens is 184 g/mol. The maximum Gasteiger partial charge on any atom is 0.0602 e. The summed E-state index contributed by atoms with van der Waals surface area (Å²) >= 11 is 0. The molecule has 88 valence electrons. The molecule has 2 fully saturated rings. The quantitative estimate of drug-likeness (QED) is 0.740. The summed E-state index contributed by atoms with van der Waals surface area (Å²) in [6.07, 6.45) is 5.06. The van der Waals surface area contributed by atoms with E-state index in [0.29, 0.717) is 17.3 Å². The predicted octanol–water partition coefficient (Wildman–Crippen LogP) is 3.47. The molecule has 0 spiro atoms. The van der Waals surface area contributed by atoms with Crippen LogP contribution in [-0.2, 0) is 0 Å². The van der Waals surface area contributed by atoms with E-state index >= 15 is 0 Å². The first kappa shape index (κ1) is 11.4. The van der Waals surface area contributed by atoms with Crippen LogP contribution in [0.5, 0.6) is 0 Å². The van der Waals surface area contributed by atoms with Crippen LogP contribution in [0.2, 0.25) is 0 Å². The molecule has 0 aromatic carbocycles. The van der Waals surface area contributed by atoms with Crippen LogP contribution in [0, 0.1) is 29.1 Å². The molecule has 2 saturated carbocycles. The van der Waals surface area contributed by atoms with Crippen molar-refractivity contribution >= 4 is 0 Å².